The maximum atomic E-state index is 13.2. The van der Waals surface area contributed by atoms with E-state index in [1.165, 1.54) is 0 Å². The van der Waals surface area contributed by atoms with E-state index < -0.39 is 12.1 Å². The molecule has 0 aliphatic heterocycles. The van der Waals surface area contributed by atoms with Crippen LogP contribution in [0.5, 0.6) is 11.5 Å². The van der Waals surface area contributed by atoms with Crippen LogP contribution < -0.4 is 9.47 Å². The van der Waals surface area contributed by atoms with Gasteiger partial charge in [-0.25, -0.2) is 9.78 Å². The number of rotatable bonds is 7. The molecule has 1 aromatic heterocycles. The van der Waals surface area contributed by atoms with Gasteiger partial charge in [0.2, 0.25) is 5.78 Å². The number of benzene rings is 3. The van der Waals surface area contributed by atoms with Crippen molar-refractivity contribution in [2.45, 2.75) is 13.0 Å². The van der Waals surface area contributed by atoms with Gasteiger partial charge in [-0.05, 0) is 37.3 Å². The highest BCUT2D eigenvalue weighted by atomic mass is 16.5. The van der Waals surface area contributed by atoms with Crippen LogP contribution in [0.3, 0.4) is 0 Å². The molecule has 0 spiro atoms. The number of aromatic nitrogens is 1. The van der Waals surface area contributed by atoms with Crippen molar-refractivity contribution in [1.82, 2.24) is 4.98 Å². The SMILES string of the molecule is COc1ccc(-c2cc(C(=O)O[C@@H](C)C(=O)c3ccccc3)c3ccccc3n2)cc1OC. The van der Waals surface area contributed by atoms with Crippen LogP contribution in [0.1, 0.15) is 27.6 Å². The van der Waals surface area contributed by atoms with Crippen LogP contribution >= 0.6 is 0 Å². The summed E-state index contributed by atoms with van der Waals surface area (Å²) in [4.78, 5) is 30.6. The second kappa shape index (κ2) is 9.53. The van der Waals surface area contributed by atoms with E-state index in [0.29, 0.717) is 39.2 Å². The smallest absolute Gasteiger partial charge is 0.339 e. The number of hydrogen-bond acceptors (Lipinski definition) is 6. The second-order valence-corrected chi connectivity index (χ2v) is 7.42. The van der Waals surface area contributed by atoms with Gasteiger partial charge in [0, 0.05) is 16.5 Å². The summed E-state index contributed by atoms with van der Waals surface area (Å²) in [6.07, 6.45) is -0.934. The van der Waals surface area contributed by atoms with Crippen LogP contribution in [0, 0.1) is 0 Å². The van der Waals surface area contributed by atoms with Crippen molar-refractivity contribution in [2.75, 3.05) is 14.2 Å². The number of methoxy groups -OCH3 is 2. The van der Waals surface area contributed by atoms with Gasteiger partial charge < -0.3 is 14.2 Å². The molecule has 0 saturated carbocycles. The molecule has 0 amide bonds. The number of Topliss-reactive ketones (excluding diaryl/α,β-unsaturated/α-hetero) is 1. The number of para-hydroxylation sites is 1. The fraction of sp³-hybridized carbons (Fsp3) is 0.148. The first kappa shape index (κ1) is 22.0. The highest BCUT2D eigenvalue weighted by Gasteiger charge is 2.22. The Morgan fingerprint density at radius 1 is 0.818 bits per heavy atom. The van der Waals surface area contributed by atoms with E-state index in [9.17, 15) is 9.59 Å². The molecular formula is C27H23NO5. The molecule has 4 aromatic rings. The number of esters is 1. The number of hydrogen-bond donors (Lipinski definition) is 0. The molecule has 0 radical (unpaired) electrons. The van der Waals surface area contributed by atoms with Crippen molar-refractivity contribution in [3.63, 3.8) is 0 Å². The van der Waals surface area contributed by atoms with Gasteiger partial charge in [0.05, 0.1) is 31.0 Å². The predicted octanol–water partition coefficient (Wildman–Crippen LogP) is 5.35. The van der Waals surface area contributed by atoms with Crippen molar-refractivity contribution >= 4 is 22.7 Å². The molecule has 6 nitrogen and oxygen atoms in total. The number of pyridine rings is 1. The first-order chi connectivity index (χ1) is 16.0. The summed E-state index contributed by atoms with van der Waals surface area (Å²) >= 11 is 0. The van der Waals surface area contributed by atoms with E-state index in [2.05, 4.69) is 0 Å². The molecule has 1 heterocycles. The van der Waals surface area contributed by atoms with Crippen LogP contribution in [-0.4, -0.2) is 37.1 Å². The topological polar surface area (TPSA) is 74.7 Å². The molecule has 0 aliphatic rings. The van der Waals surface area contributed by atoms with Crippen molar-refractivity contribution in [3.8, 4) is 22.8 Å². The maximum absolute atomic E-state index is 13.2. The van der Waals surface area contributed by atoms with Crippen molar-refractivity contribution in [1.29, 1.82) is 0 Å². The Hall–Kier alpha value is -4.19. The van der Waals surface area contributed by atoms with Crippen LogP contribution in [0.15, 0.2) is 78.9 Å². The quantitative estimate of drug-likeness (QED) is 0.284. The van der Waals surface area contributed by atoms with Crippen LogP contribution in [-0.2, 0) is 4.74 Å². The Balaban J connectivity index is 1.71. The van der Waals surface area contributed by atoms with Gasteiger partial charge in [-0.15, -0.1) is 0 Å². The third kappa shape index (κ3) is 4.55. The molecule has 33 heavy (non-hydrogen) atoms. The van der Waals surface area contributed by atoms with Crippen LogP contribution in [0.25, 0.3) is 22.2 Å². The Kier molecular flexibility index (Phi) is 6.36. The lowest BCUT2D eigenvalue weighted by atomic mass is 10.0. The van der Waals surface area contributed by atoms with E-state index in [-0.39, 0.29) is 5.78 Å². The minimum Gasteiger partial charge on any atom is -0.493 e. The van der Waals surface area contributed by atoms with Crippen LogP contribution in [0.2, 0.25) is 0 Å². The van der Waals surface area contributed by atoms with Gasteiger partial charge >= 0.3 is 5.97 Å². The largest absolute Gasteiger partial charge is 0.493 e. The molecule has 0 saturated heterocycles. The lowest BCUT2D eigenvalue weighted by Crippen LogP contribution is -2.24. The molecule has 0 N–H and O–H groups in total. The number of ether oxygens (including phenoxy) is 3. The standard InChI is InChI=1S/C27H23NO5/c1-17(26(29)18-9-5-4-6-10-18)33-27(30)21-16-23(28-22-12-8-7-11-20(21)22)19-13-14-24(31-2)25(15-19)32-3/h4-17H,1-3H3/t17-/m0/s1. The summed E-state index contributed by atoms with van der Waals surface area (Å²) < 4.78 is 16.3. The molecule has 1 atom stereocenters. The zero-order valence-electron chi connectivity index (χ0n) is 18.6. The normalized spacial score (nSPS) is 11.6. The van der Waals surface area contributed by atoms with E-state index in [4.69, 9.17) is 19.2 Å². The van der Waals surface area contributed by atoms with Gasteiger partial charge in [-0.2, -0.15) is 0 Å². The molecule has 0 bridgehead atoms. The molecule has 0 aliphatic carbocycles. The van der Waals surface area contributed by atoms with Gasteiger partial charge in [0.15, 0.2) is 17.6 Å². The average molecular weight is 441 g/mol. The minimum atomic E-state index is -0.934. The third-order valence-electron chi connectivity index (χ3n) is 5.33. The molecular weight excluding hydrogens is 418 g/mol. The molecule has 0 unspecified atom stereocenters. The summed E-state index contributed by atoms with van der Waals surface area (Å²) in [7, 11) is 3.13. The highest BCUT2D eigenvalue weighted by Crippen LogP contribution is 2.33. The number of carbonyl (C=O) groups excluding carboxylic acids is 2. The van der Waals surface area contributed by atoms with Gasteiger partial charge in [0.1, 0.15) is 0 Å². The number of nitrogens with zero attached hydrogens (tertiary/aromatic N) is 1. The van der Waals surface area contributed by atoms with E-state index >= 15 is 0 Å². The summed E-state index contributed by atoms with van der Waals surface area (Å²) in [5.41, 5.74) is 2.78. The first-order valence-electron chi connectivity index (χ1n) is 10.4. The molecule has 4 rings (SSSR count). The summed E-state index contributed by atoms with van der Waals surface area (Å²) in [6.45, 7) is 1.58. The lowest BCUT2D eigenvalue weighted by molar-refractivity contribution is 0.0320. The summed E-state index contributed by atoms with van der Waals surface area (Å²) in [6, 6.07) is 23.2. The lowest BCUT2D eigenvalue weighted by Gasteiger charge is -2.15. The number of carbonyl (C=O) groups is 2. The zero-order valence-corrected chi connectivity index (χ0v) is 18.6. The summed E-state index contributed by atoms with van der Waals surface area (Å²) in [5, 5.41) is 0.645. The number of fused-ring (bicyclic) bond motifs is 1. The molecule has 0 fully saturated rings. The monoisotopic (exact) mass is 441 g/mol. The summed E-state index contributed by atoms with van der Waals surface area (Å²) in [5.74, 6) is 0.292. The average Bonchev–Trinajstić information content (AvgIpc) is 2.87. The van der Waals surface area contributed by atoms with Gasteiger partial charge in [0.25, 0.3) is 0 Å². The highest BCUT2D eigenvalue weighted by molar-refractivity contribution is 6.06. The van der Waals surface area contributed by atoms with Crippen molar-refractivity contribution < 1.29 is 23.8 Å². The molecule has 3 aromatic carbocycles. The Labute approximate surface area is 191 Å². The fourth-order valence-electron chi connectivity index (χ4n) is 3.60. The Morgan fingerprint density at radius 3 is 2.24 bits per heavy atom. The fourth-order valence-corrected chi connectivity index (χ4v) is 3.60. The first-order valence-corrected chi connectivity index (χ1v) is 10.4. The maximum Gasteiger partial charge on any atom is 0.339 e. The van der Waals surface area contributed by atoms with Crippen LogP contribution in [0.4, 0.5) is 0 Å². The van der Waals surface area contributed by atoms with Crippen molar-refractivity contribution in [2.24, 2.45) is 0 Å². The Morgan fingerprint density at radius 2 is 1.52 bits per heavy atom. The molecule has 166 valence electrons. The van der Waals surface area contributed by atoms with Gasteiger partial charge in [-0.3, -0.25) is 4.79 Å². The minimum absolute atomic E-state index is 0.262. The molecule has 6 heteroatoms. The Bertz CT molecular complexity index is 1320. The van der Waals surface area contributed by atoms with E-state index in [0.717, 1.165) is 5.56 Å². The van der Waals surface area contributed by atoms with Gasteiger partial charge in [-0.1, -0.05) is 48.5 Å². The predicted molar refractivity (Wildman–Crippen MR) is 126 cm³/mol. The zero-order chi connectivity index (χ0) is 23.4. The number of ketones is 1. The third-order valence-corrected chi connectivity index (χ3v) is 5.33. The van der Waals surface area contributed by atoms with Crippen molar-refractivity contribution in [3.05, 3.63) is 90.0 Å². The van der Waals surface area contributed by atoms with E-state index in [1.807, 2.05) is 30.3 Å². The second-order valence-electron chi connectivity index (χ2n) is 7.42. The van der Waals surface area contributed by atoms with E-state index in [1.54, 1.807) is 69.7 Å².